The number of anilines is 1. The summed E-state index contributed by atoms with van der Waals surface area (Å²) in [5.41, 5.74) is 2.10. The van der Waals surface area contributed by atoms with Gasteiger partial charge in [0, 0.05) is 5.56 Å². The molecular formula is C17H13FN2O2. The van der Waals surface area contributed by atoms with E-state index in [2.05, 4.69) is 0 Å². The van der Waals surface area contributed by atoms with Gasteiger partial charge in [-0.3, -0.25) is 4.90 Å². The van der Waals surface area contributed by atoms with Crippen LogP contribution in [0.5, 0.6) is 0 Å². The van der Waals surface area contributed by atoms with Gasteiger partial charge in [-0.2, -0.15) is 5.26 Å². The highest BCUT2D eigenvalue weighted by atomic mass is 19.1. The molecule has 0 unspecified atom stereocenters. The first-order chi connectivity index (χ1) is 10.6. The highest BCUT2D eigenvalue weighted by Crippen LogP contribution is 2.29. The SMILES string of the molecule is C[C@H]1CN(c2ccc(-c3ccc(C#N)cc3)c(F)c2)C(=O)O1. The van der Waals surface area contributed by atoms with Crippen molar-refractivity contribution in [2.75, 3.05) is 11.4 Å². The third-order valence-electron chi connectivity index (χ3n) is 3.55. The van der Waals surface area contributed by atoms with E-state index < -0.39 is 11.9 Å². The minimum Gasteiger partial charge on any atom is -0.444 e. The molecule has 3 rings (SSSR count). The van der Waals surface area contributed by atoms with Crippen molar-refractivity contribution in [2.45, 2.75) is 13.0 Å². The van der Waals surface area contributed by atoms with Gasteiger partial charge in [-0.1, -0.05) is 12.1 Å². The van der Waals surface area contributed by atoms with Gasteiger partial charge < -0.3 is 4.74 Å². The summed E-state index contributed by atoms with van der Waals surface area (Å²) in [4.78, 5) is 13.1. The van der Waals surface area contributed by atoms with Crippen molar-refractivity contribution in [2.24, 2.45) is 0 Å². The van der Waals surface area contributed by atoms with Gasteiger partial charge in [-0.05, 0) is 42.8 Å². The Hall–Kier alpha value is -2.87. The zero-order valence-corrected chi connectivity index (χ0v) is 11.9. The number of benzene rings is 2. The Labute approximate surface area is 127 Å². The monoisotopic (exact) mass is 296 g/mol. The maximum atomic E-state index is 14.4. The topological polar surface area (TPSA) is 53.3 Å². The molecule has 0 saturated carbocycles. The molecule has 1 aliphatic rings. The van der Waals surface area contributed by atoms with Gasteiger partial charge in [0.15, 0.2) is 0 Å². The first-order valence-electron chi connectivity index (χ1n) is 6.86. The van der Waals surface area contributed by atoms with Gasteiger partial charge >= 0.3 is 6.09 Å². The fourth-order valence-corrected chi connectivity index (χ4v) is 2.45. The van der Waals surface area contributed by atoms with Crippen LogP contribution in [-0.2, 0) is 4.74 Å². The first-order valence-corrected chi connectivity index (χ1v) is 6.86. The Bertz CT molecular complexity index is 765. The molecule has 22 heavy (non-hydrogen) atoms. The number of amides is 1. The number of hydrogen-bond donors (Lipinski definition) is 0. The molecule has 1 atom stereocenters. The smallest absolute Gasteiger partial charge is 0.414 e. The molecule has 2 aromatic rings. The molecule has 0 radical (unpaired) electrons. The number of hydrogen-bond acceptors (Lipinski definition) is 3. The Morgan fingerprint density at radius 3 is 2.55 bits per heavy atom. The van der Waals surface area contributed by atoms with Crippen LogP contribution in [0.3, 0.4) is 0 Å². The van der Waals surface area contributed by atoms with Crippen molar-refractivity contribution in [1.29, 1.82) is 5.26 Å². The van der Waals surface area contributed by atoms with Crippen LogP contribution in [0.25, 0.3) is 11.1 Å². The van der Waals surface area contributed by atoms with Crippen molar-refractivity contribution in [1.82, 2.24) is 0 Å². The highest BCUT2D eigenvalue weighted by Gasteiger charge is 2.29. The predicted molar refractivity (Wildman–Crippen MR) is 79.8 cm³/mol. The summed E-state index contributed by atoms with van der Waals surface area (Å²) < 4.78 is 19.4. The Balaban J connectivity index is 1.92. The van der Waals surface area contributed by atoms with Crippen LogP contribution >= 0.6 is 0 Å². The Morgan fingerprint density at radius 1 is 1.27 bits per heavy atom. The number of carbonyl (C=O) groups excluding carboxylic acids is 1. The Kier molecular flexibility index (Phi) is 3.51. The van der Waals surface area contributed by atoms with E-state index in [9.17, 15) is 9.18 Å². The second-order valence-corrected chi connectivity index (χ2v) is 5.16. The van der Waals surface area contributed by atoms with Crippen LogP contribution in [0.15, 0.2) is 42.5 Å². The molecule has 1 amide bonds. The normalized spacial score (nSPS) is 17.2. The van der Waals surface area contributed by atoms with Crippen molar-refractivity contribution in [3.8, 4) is 17.2 Å². The number of rotatable bonds is 2. The highest BCUT2D eigenvalue weighted by molar-refractivity contribution is 5.90. The molecule has 2 aromatic carbocycles. The lowest BCUT2D eigenvalue weighted by molar-refractivity contribution is 0.150. The number of nitrogens with zero attached hydrogens (tertiary/aromatic N) is 2. The van der Waals surface area contributed by atoms with E-state index in [1.165, 1.54) is 11.0 Å². The van der Waals surface area contributed by atoms with Gasteiger partial charge in [0.1, 0.15) is 11.9 Å². The van der Waals surface area contributed by atoms with E-state index in [0.717, 1.165) is 0 Å². The van der Waals surface area contributed by atoms with Crippen LogP contribution < -0.4 is 4.90 Å². The van der Waals surface area contributed by atoms with E-state index in [1.807, 2.05) is 6.07 Å². The number of nitriles is 1. The van der Waals surface area contributed by atoms with E-state index in [0.29, 0.717) is 28.9 Å². The van der Waals surface area contributed by atoms with Crippen molar-refractivity contribution in [3.05, 3.63) is 53.8 Å². The van der Waals surface area contributed by atoms with Crippen LogP contribution in [0.1, 0.15) is 12.5 Å². The van der Waals surface area contributed by atoms with E-state index in [-0.39, 0.29) is 6.10 Å². The third-order valence-corrected chi connectivity index (χ3v) is 3.55. The lowest BCUT2D eigenvalue weighted by Crippen LogP contribution is -2.24. The molecule has 1 saturated heterocycles. The van der Waals surface area contributed by atoms with Crippen molar-refractivity contribution >= 4 is 11.8 Å². The van der Waals surface area contributed by atoms with Crippen molar-refractivity contribution < 1.29 is 13.9 Å². The molecule has 1 heterocycles. The number of ether oxygens (including phenoxy) is 1. The quantitative estimate of drug-likeness (QED) is 0.849. The molecule has 0 bridgehead atoms. The average molecular weight is 296 g/mol. The molecule has 0 spiro atoms. The molecule has 110 valence electrons. The fourth-order valence-electron chi connectivity index (χ4n) is 2.45. The summed E-state index contributed by atoms with van der Waals surface area (Å²) in [7, 11) is 0. The number of cyclic esters (lactones) is 1. The van der Waals surface area contributed by atoms with Crippen LogP contribution in [0.2, 0.25) is 0 Å². The zero-order chi connectivity index (χ0) is 15.7. The van der Waals surface area contributed by atoms with Gasteiger partial charge in [-0.25, -0.2) is 9.18 Å². The second-order valence-electron chi connectivity index (χ2n) is 5.16. The van der Waals surface area contributed by atoms with Crippen LogP contribution in [0.4, 0.5) is 14.9 Å². The summed E-state index contributed by atoms with van der Waals surface area (Å²) >= 11 is 0. The zero-order valence-electron chi connectivity index (χ0n) is 11.9. The molecule has 0 aliphatic carbocycles. The molecule has 0 N–H and O–H groups in total. The summed E-state index contributed by atoms with van der Waals surface area (Å²) in [5.74, 6) is -0.422. The summed E-state index contributed by atoms with van der Waals surface area (Å²) in [6.45, 7) is 2.20. The van der Waals surface area contributed by atoms with Gasteiger partial charge in [0.2, 0.25) is 0 Å². The molecule has 0 aromatic heterocycles. The standard InChI is InChI=1S/C17H13FN2O2/c1-11-10-20(17(21)22-11)14-6-7-15(16(18)8-14)13-4-2-12(9-19)3-5-13/h2-8,11H,10H2,1H3/t11-/m0/s1. The van der Waals surface area contributed by atoms with Crippen LogP contribution in [-0.4, -0.2) is 18.7 Å². The van der Waals surface area contributed by atoms with Crippen LogP contribution in [0, 0.1) is 17.1 Å². The maximum absolute atomic E-state index is 14.4. The number of carbonyl (C=O) groups is 1. The van der Waals surface area contributed by atoms with E-state index >= 15 is 0 Å². The fraction of sp³-hybridized carbons (Fsp3) is 0.176. The first kappa shape index (κ1) is 14.1. The molecule has 1 aliphatic heterocycles. The average Bonchev–Trinajstić information content (AvgIpc) is 2.86. The third kappa shape index (κ3) is 2.51. The minimum atomic E-state index is -0.460. The van der Waals surface area contributed by atoms with Gasteiger partial charge in [0.25, 0.3) is 0 Å². The molecule has 5 heteroatoms. The summed E-state index contributed by atoms with van der Waals surface area (Å²) in [6, 6.07) is 13.3. The van der Waals surface area contributed by atoms with Crippen molar-refractivity contribution in [3.63, 3.8) is 0 Å². The summed E-state index contributed by atoms with van der Waals surface area (Å²) in [6.07, 6.45) is -0.660. The lowest BCUT2D eigenvalue weighted by Gasteiger charge is -2.14. The molecular weight excluding hydrogens is 283 g/mol. The van der Waals surface area contributed by atoms with E-state index in [4.69, 9.17) is 10.00 Å². The maximum Gasteiger partial charge on any atom is 0.414 e. The van der Waals surface area contributed by atoms with E-state index in [1.54, 1.807) is 43.3 Å². The Morgan fingerprint density at radius 2 is 2.00 bits per heavy atom. The van der Waals surface area contributed by atoms with Gasteiger partial charge in [0.05, 0.1) is 23.9 Å². The predicted octanol–water partition coefficient (Wildman–Crippen LogP) is 3.71. The molecule has 1 fully saturated rings. The minimum absolute atomic E-state index is 0.200. The summed E-state index contributed by atoms with van der Waals surface area (Å²) in [5, 5.41) is 8.78. The largest absolute Gasteiger partial charge is 0.444 e. The van der Waals surface area contributed by atoms with Gasteiger partial charge in [-0.15, -0.1) is 0 Å². The second kappa shape index (κ2) is 5.49. The lowest BCUT2D eigenvalue weighted by atomic mass is 10.0. The molecule has 4 nitrogen and oxygen atoms in total. The number of halogens is 1.